The van der Waals surface area contributed by atoms with E-state index in [-0.39, 0.29) is 5.91 Å². The number of nitrogens with one attached hydrogen (secondary N) is 2. The first-order chi connectivity index (χ1) is 12.6. The summed E-state index contributed by atoms with van der Waals surface area (Å²) in [5.74, 6) is -0.179. The Hall–Kier alpha value is -3.54. The molecule has 0 radical (unpaired) electrons. The lowest BCUT2D eigenvalue weighted by atomic mass is 10.1. The van der Waals surface area contributed by atoms with Crippen molar-refractivity contribution in [1.29, 1.82) is 0 Å². The van der Waals surface area contributed by atoms with Crippen LogP contribution in [0.3, 0.4) is 0 Å². The molecule has 2 aromatic heterocycles. The molecule has 0 aliphatic heterocycles. The lowest BCUT2D eigenvalue weighted by molar-refractivity contribution is 0.102. The van der Waals surface area contributed by atoms with Gasteiger partial charge in [0, 0.05) is 11.3 Å². The van der Waals surface area contributed by atoms with E-state index < -0.39 is 0 Å². The van der Waals surface area contributed by atoms with Crippen LogP contribution in [0.2, 0.25) is 0 Å². The van der Waals surface area contributed by atoms with Gasteiger partial charge in [-0.15, -0.1) is 0 Å². The van der Waals surface area contributed by atoms with Gasteiger partial charge in [-0.2, -0.15) is 0 Å². The quantitative estimate of drug-likeness (QED) is 0.591. The zero-order valence-electron chi connectivity index (χ0n) is 14.4. The molecule has 1 amide bonds. The number of carbonyl (C=O) groups is 1. The van der Waals surface area contributed by atoms with Gasteiger partial charge in [0.25, 0.3) is 5.91 Å². The van der Waals surface area contributed by atoms with Crippen molar-refractivity contribution in [2.75, 3.05) is 5.32 Å². The summed E-state index contributed by atoms with van der Waals surface area (Å²) in [6.07, 6.45) is 3.39. The van der Waals surface area contributed by atoms with Gasteiger partial charge in [0.15, 0.2) is 0 Å². The highest BCUT2D eigenvalue weighted by molar-refractivity contribution is 6.06. The van der Waals surface area contributed by atoms with Gasteiger partial charge in [-0.1, -0.05) is 12.1 Å². The van der Waals surface area contributed by atoms with E-state index in [0.717, 1.165) is 39.4 Å². The van der Waals surface area contributed by atoms with Gasteiger partial charge in [0.05, 0.1) is 40.6 Å². The summed E-state index contributed by atoms with van der Waals surface area (Å²) in [5, 5.41) is 2.91. The van der Waals surface area contributed by atoms with Crippen molar-refractivity contribution in [3.05, 3.63) is 71.9 Å². The van der Waals surface area contributed by atoms with E-state index in [0.29, 0.717) is 5.56 Å². The molecule has 6 nitrogen and oxygen atoms in total. The molecule has 0 saturated heterocycles. The summed E-state index contributed by atoms with van der Waals surface area (Å²) < 4.78 is 0. The number of fused-ring (bicyclic) bond motifs is 1. The van der Waals surface area contributed by atoms with Crippen LogP contribution in [0.25, 0.3) is 22.3 Å². The lowest BCUT2D eigenvalue weighted by Gasteiger charge is -2.08. The first-order valence-corrected chi connectivity index (χ1v) is 8.25. The second-order valence-electron chi connectivity index (χ2n) is 6.09. The normalized spacial score (nSPS) is 10.8. The molecule has 128 valence electrons. The standard InChI is InChI=1S/C20H17N5O/c1-12-13(2)24-18-9-15(5-8-17(18)23-12)20(26)25-16-6-3-14(4-7-16)19-10-21-11-22-19/h3-11H,1-2H3,(H,21,22)(H,25,26). The molecule has 2 N–H and O–H groups in total. The molecule has 0 aliphatic carbocycles. The Morgan fingerprint density at radius 1 is 0.962 bits per heavy atom. The number of H-pyrrole nitrogens is 1. The second kappa shape index (κ2) is 6.40. The maximum Gasteiger partial charge on any atom is 0.255 e. The molecule has 0 atom stereocenters. The van der Waals surface area contributed by atoms with Crippen LogP contribution in [0.1, 0.15) is 21.7 Å². The summed E-state index contributed by atoms with van der Waals surface area (Å²) in [6, 6.07) is 12.9. The third-order valence-corrected chi connectivity index (χ3v) is 4.29. The molecule has 2 heterocycles. The number of aromatic amines is 1. The lowest BCUT2D eigenvalue weighted by Crippen LogP contribution is -2.12. The molecule has 0 saturated carbocycles. The summed E-state index contributed by atoms with van der Waals surface area (Å²) in [5.41, 5.74) is 6.48. The Balaban J connectivity index is 1.56. The molecule has 0 fully saturated rings. The van der Waals surface area contributed by atoms with Gasteiger partial charge in [0.1, 0.15) is 0 Å². The molecule has 4 rings (SSSR count). The van der Waals surface area contributed by atoms with Crippen LogP contribution in [-0.4, -0.2) is 25.8 Å². The fraction of sp³-hybridized carbons (Fsp3) is 0.100. The monoisotopic (exact) mass is 343 g/mol. The predicted octanol–water partition coefficient (Wildman–Crippen LogP) is 3.89. The Morgan fingerprint density at radius 2 is 1.69 bits per heavy atom. The number of nitrogens with zero attached hydrogens (tertiary/aromatic N) is 3. The number of aryl methyl sites for hydroxylation is 2. The zero-order valence-corrected chi connectivity index (χ0v) is 14.4. The predicted molar refractivity (Wildman–Crippen MR) is 101 cm³/mol. The molecule has 0 unspecified atom stereocenters. The Kier molecular flexibility index (Phi) is 3.93. The number of imidazole rings is 1. The minimum Gasteiger partial charge on any atom is -0.345 e. The third kappa shape index (κ3) is 3.04. The van der Waals surface area contributed by atoms with E-state index in [9.17, 15) is 4.79 Å². The van der Waals surface area contributed by atoms with E-state index >= 15 is 0 Å². The smallest absolute Gasteiger partial charge is 0.255 e. The van der Waals surface area contributed by atoms with Crippen LogP contribution in [0.5, 0.6) is 0 Å². The average molecular weight is 343 g/mol. The van der Waals surface area contributed by atoms with Crippen LogP contribution in [0.15, 0.2) is 55.0 Å². The van der Waals surface area contributed by atoms with Crippen molar-refractivity contribution < 1.29 is 4.79 Å². The van der Waals surface area contributed by atoms with Crippen molar-refractivity contribution in [3.8, 4) is 11.3 Å². The Labute approximate surface area is 150 Å². The van der Waals surface area contributed by atoms with E-state index in [1.807, 2.05) is 44.2 Å². The van der Waals surface area contributed by atoms with Crippen LogP contribution in [0, 0.1) is 13.8 Å². The van der Waals surface area contributed by atoms with Crippen LogP contribution in [-0.2, 0) is 0 Å². The third-order valence-electron chi connectivity index (χ3n) is 4.29. The summed E-state index contributed by atoms with van der Waals surface area (Å²) in [6.45, 7) is 3.84. The highest BCUT2D eigenvalue weighted by Crippen LogP contribution is 2.20. The van der Waals surface area contributed by atoms with Crippen molar-refractivity contribution in [2.24, 2.45) is 0 Å². The fourth-order valence-electron chi connectivity index (χ4n) is 2.72. The van der Waals surface area contributed by atoms with Gasteiger partial charge in [0.2, 0.25) is 0 Å². The van der Waals surface area contributed by atoms with E-state index in [2.05, 4.69) is 25.3 Å². The van der Waals surface area contributed by atoms with Crippen LogP contribution in [0.4, 0.5) is 5.69 Å². The SMILES string of the molecule is Cc1nc2ccc(C(=O)Nc3ccc(-c4cnc[nH]4)cc3)cc2nc1C. The molecular formula is C20H17N5O. The fourth-order valence-corrected chi connectivity index (χ4v) is 2.72. The minimum absolute atomic E-state index is 0.179. The zero-order chi connectivity index (χ0) is 18.1. The van der Waals surface area contributed by atoms with Crippen LogP contribution >= 0.6 is 0 Å². The number of hydrogen-bond donors (Lipinski definition) is 2. The molecule has 4 aromatic rings. The van der Waals surface area contributed by atoms with E-state index in [4.69, 9.17) is 0 Å². The molecule has 26 heavy (non-hydrogen) atoms. The molecule has 6 heteroatoms. The van der Waals surface area contributed by atoms with Crippen molar-refractivity contribution in [2.45, 2.75) is 13.8 Å². The Bertz CT molecular complexity index is 1090. The molecule has 0 spiro atoms. The first-order valence-electron chi connectivity index (χ1n) is 8.25. The maximum absolute atomic E-state index is 12.5. The summed E-state index contributed by atoms with van der Waals surface area (Å²) in [7, 11) is 0. The van der Waals surface area contributed by atoms with Gasteiger partial charge in [-0.05, 0) is 49.7 Å². The van der Waals surface area contributed by atoms with Gasteiger partial charge in [-0.25, -0.2) is 15.0 Å². The number of aromatic nitrogens is 4. The minimum atomic E-state index is -0.179. The number of rotatable bonds is 3. The van der Waals surface area contributed by atoms with Crippen molar-refractivity contribution >= 4 is 22.6 Å². The maximum atomic E-state index is 12.5. The second-order valence-corrected chi connectivity index (χ2v) is 6.09. The highest BCUT2D eigenvalue weighted by atomic mass is 16.1. The van der Waals surface area contributed by atoms with Gasteiger partial charge < -0.3 is 10.3 Å². The number of amides is 1. The van der Waals surface area contributed by atoms with Gasteiger partial charge in [-0.3, -0.25) is 4.79 Å². The summed E-state index contributed by atoms with van der Waals surface area (Å²) in [4.78, 5) is 28.6. The Morgan fingerprint density at radius 3 is 2.38 bits per heavy atom. The molecule has 2 aromatic carbocycles. The van der Waals surface area contributed by atoms with Crippen molar-refractivity contribution in [1.82, 2.24) is 19.9 Å². The van der Waals surface area contributed by atoms with Crippen LogP contribution < -0.4 is 5.32 Å². The average Bonchev–Trinajstić information content (AvgIpc) is 3.17. The van der Waals surface area contributed by atoms with E-state index in [1.165, 1.54) is 0 Å². The largest absolute Gasteiger partial charge is 0.345 e. The van der Waals surface area contributed by atoms with Gasteiger partial charge >= 0.3 is 0 Å². The first kappa shape index (κ1) is 16.0. The molecule has 0 aliphatic rings. The number of hydrogen-bond acceptors (Lipinski definition) is 4. The molecular weight excluding hydrogens is 326 g/mol. The number of benzene rings is 2. The highest BCUT2D eigenvalue weighted by Gasteiger charge is 2.09. The summed E-state index contributed by atoms with van der Waals surface area (Å²) >= 11 is 0. The number of carbonyl (C=O) groups excluding carboxylic acids is 1. The van der Waals surface area contributed by atoms with Crippen molar-refractivity contribution in [3.63, 3.8) is 0 Å². The number of anilines is 1. The van der Waals surface area contributed by atoms with E-state index in [1.54, 1.807) is 24.7 Å². The molecule has 0 bridgehead atoms. The topological polar surface area (TPSA) is 83.6 Å².